The van der Waals surface area contributed by atoms with Gasteiger partial charge in [0.25, 0.3) is 5.91 Å². The van der Waals surface area contributed by atoms with Crippen LogP contribution in [-0.2, 0) is 4.79 Å². The Morgan fingerprint density at radius 2 is 1.85 bits per heavy atom. The first-order valence-electron chi connectivity index (χ1n) is 6.95. The van der Waals surface area contributed by atoms with E-state index < -0.39 is 0 Å². The predicted molar refractivity (Wildman–Crippen MR) is 80.8 cm³/mol. The average Bonchev–Trinajstić information content (AvgIpc) is 2.36. The molecule has 4 nitrogen and oxygen atoms in total. The summed E-state index contributed by atoms with van der Waals surface area (Å²) >= 11 is 0. The molecule has 0 aliphatic carbocycles. The van der Waals surface area contributed by atoms with Crippen molar-refractivity contribution in [1.29, 1.82) is 0 Å². The highest BCUT2D eigenvalue weighted by Crippen LogP contribution is 2.09. The van der Waals surface area contributed by atoms with Gasteiger partial charge in [0.15, 0.2) is 0 Å². The monoisotopic (exact) mass is 276 g/mol. The number of carbonyl (C=O) groups excluding carboxylic acids is 2. The summed E-state index contributed by atoms with van der Waals surface area (Å²) in [5.74, 6) is -0.0687. The first-order chi connectivity index (χ1) is 9.32. The van der Waals surface area contributed by atoms with Crippen LogP contribution in [0.2, 0.25) is 0 Å². The molecule has 1 aromatic rings. The van der Waals surface area contributed by atoms with Crippen LogP contribution < -0.4 is 5.32 Å². The zero-order valence-corrected chi connectivity index (χ0v) is 13.0. The predicted octanol–water partition coefficient (Wildman–Crippen LogP) is 2.29. The van der Waals surface area contributed by atoms with Crippen molar-refractivity contribution in [3.05, 3.63) is 34.9 Å². The summed E-state index contributed by atoms with van der Waals surface area (Å²) in [5, 5.41) is 2.85. The molecule has 0 aromatic heterocycles. The lowest BCUT2D eigenvalue weighted by molar-refractivity contribution is -0.130. The third kappa shape index (κ3) is 4.37. The zero-order chi connectivity index (χ0) is 15.3. The van der Waals surface area contributed by atoms with Crippen molar-refractivity contribution in [2.75, 3.05) is 13.1 Å². The van der Waals surface area contributed by atoms with Crippen molar-refractivity contribution in [2.24, 2.45) is 0 Å². The molecule has 0 unspecified atom stereocenters. The molecule has 1 aromatic carbocycles. The second-order valence-corrected chi connectivity index (χ2v) is 5.36. The molecule has 0 saturated heterocycles. The highest BCUT2D eigenvalue weighted by molar-refractivity contribution is 5.94. The number of amides is 2. The van der Waals surface area contributed by atoms with E-state index >= 15 is 0 Å². The molecule has 2 amide bonds. The highest BCUT2D eigenvalue weighted by Gasteiger charge is 2.13. The average molecular weight is 276 g/mol. The normalized spacial score (nSPS) is 10.5. The van der Waals surface area contributed by atoms with Crippen LogP contribution in [0, 0.1) is 13.8 Å². The number of rotatable bonds is 5. The van der Waals surface area contributed by atoms with E-state index in [0.717, 1.165) is 5.56 Å². The Morgan fingerprint density at radius 1 is 1.20 bits per heavy atom. The SMILES string of the molecule is CC(=O)N(CCNC(=O)c1ccc(C)c(C)c1)C(C)C. The lowest BCUT2D eigenvalue weighted by atomic mass is 10.1. The molecule has 0 atom stereocenters. The highest BCUT2D eigenvalue weighted by atomic mass is 16.2. The van der Waals surface area contributed by atoms with Gasteiger partial charge in [-0.25, -0.2) is 0 Å². The molecule has 0 heterocycles. The van der Waals surface area contributed by atoms with Crippen molar-refractivity contribution < 1.29 is 9.59 Å². The Morgan fingerprint density at radius 3 is 2.35 bits per heavy atom. The van der Waals surface area contributed by atoms with Crippen molar-refractivity contribution in [1.82, 2.24) is 10.2 Å². The number of nitrogens with zero attached hydrogens (tertiary/aromatic N) is 1. The summed E-state index contributed by atoms with van der Waals surface area (Å²) in [5.41, 5.74) is 2.93. The van der Waals surface area contributed by atoms with Crippen molar-refractivity contribution >= 4 is 11.8 Å². The number of benzene rings is 1. The topological polar surface area (TPSA) is 49.4 Å². The van der Waals surface area contributed by atoms with Crippen molar-refractivity contribution in [3.8, 4) is 0 Å². The Balaban J connectivity index is 2.55. The lowest BCUT2D eigenvalue weighted by Crippen LogP contribution is -2.41. The Labute approximate surface area is 121 Å². The van der Waals surface area contributed by atoms with E-state index in [-0.39, 0.29) is 17.9 Å². The molecule has 0 saturated carbocycles. The Kier molecular flexibility index (Phi) is 5.74. The van der Waals surface area contributed by atoms with Gasteiger partial charge in [0.2, 0.25) is 5.91 Å². The lowest BCUT2D eigenvalue weighted by Gasteiger charge is -2.25. The largest absolute Gasteiger partial charge is 0.350 e. The summed E-state index contributed by atoms with van der Waals surface area (Å²) in [4.78, 5) is 25.2. The van der Waals surface area contributed by atoms with E-state index in [2.05, 4.69) is 5.32 Å². The fraction of sp³-hybridized carbons (Fsp3) is 0.500. The van der Waals surface area contributed by atoms with Gasteiger partial charge in [-0.2, -0.15) is 0 Å². The summed E-state index contributed by atoms with van der Waals surface area (Å²) in [6.07, 6.45) is 0. The van der Waals surface area contributed by atoms with Crippen LogP contribution in [0.5, 0.6) is 0 Å². The maximum Gasteiger partial charge on any atom is 0.251 e. The maximum absolute atomic E-state index is 12.0. The molecule has 0 aliphatic heterocycles. The molecule has 4 heteroatoms. The standard InChI is InChI=1S/C16H24N2O2/c1-11(2)18(14(5)19)9-8-17-16(20)15-7-6-12(3)13(4)10-15/h6-7,10-11H,8-9H2,1-5H3,(H,17,20). The van der Waals surface area contributed by atoms with Crippen LogP contribution in [0.25, 0.3) is 0 Å². The Bertz CT molecular complexity index is 495. The van der Waals surface area contributed by atoms with Gasteiger partial charge in [0.1, 0.15) is 0 Å². The van der Waals surface area contributed by atoms with Crippen LogP contribution >= 0.6 is 0 Å². The molecule has 0 spiro atoms. The smallest absolute Gasteiger partial charge is 0.251 e. The van der Waals surface area contributed by atoms with E-state index in [4.69, 9.17) is 0 Å². The molecule has 0 radical (unpaired) electrons. The minimum absolute atomic E-state index is 0.0282. The number of hydrogen-bond donors (Lipinski definition) is 1. The van der Waals surface area contributed by atoms with Gasteiger partial charge in [-0.3, -0.25) is 9.59 Å². The molecule has 1 N–H and O–H groups in total. The van der Waals surface area contributed by atoms with Gasteiger partial charge >= 0.3 is 0 Å². The van der Waals surface area contributed by atoms with Crippen LogP contribution in [0.1, 0.15) is 42.3 Å². The van der Waals surface area contributed by atoms with Gasteiger partial charge in [0, 0.05) is 31.6 Å². The summed E-state index contributed by atoms with van der Waals surface area (Å²) in [7, 11) is 0. The summed E-state index contributed by atoms with van der Waals surface area (Å²) < 4.78 is 0. The van der Waals surface area contributed by atoms with E-state index in [0.29, 0.717) is 18.7 Å². The fourth-order valence-electron chi connectivity index (χ4n) is 2.05. The summed E-state index contributed by atoms with van der Waals surface area (Å²) in [6, 6.07) is 5.80. The molecule has 0 aliphatic rings. The van der Waals surface area contributed by atoms with Gasteiger partial charge in [-0.15, -0.1) is 0 Å². The molecular formula is C16H24N2O2. The van der Waals surface area contributed by atoms with Crippen molar-refractivity contribution in [2.45, 2.75) is 40.7 Å². The first-order valence-corrected chi connectivity index (χ1v) is 6.95. The minimum Gasteiger partial charge on any atom is -0.350 e. The van der Waals surface area contributed by atoms with Gasteiger partial charge in [-0.05, 0) is 51.0 Å². The number of hydrogen-bond acceptors (Lipinski definition) is 2. The fourth-order valence-corrected chi connectivity index (χ4v) is 2.05. The minimum atomic E-state index is -0.0969. The zero-order valence-electron chi connectivity index (χ0n) is 13.0. The molecule has 1 rings (SSSR count). The van der Waals surface area contributed by atoms with Crippen LogP contribution in [0.4, 0.5) is 0 Å². The first kappa shape index (κ1) is 16.2. The number of aryl methyl sites for hydroxylation is 2. The van der Waals surface area contributed by atoms with E-state index in [9.17, 15) is 9.59 Å². The molecule has 0 fully saturated rings. The molecule has 0 bridgehead atoms. The molecular weight excluding hydrogens is 252 g/mol. The van der Waals surface area contributed by atoms with E-state index in [1.165, 1.54) is 5.56 Å². The second kappa shape index (κ2) is 7.08. The molecule has 110 valence electrons. The quantitative estimate of drug-likeness (QED) is 0.897. The van der Waals surface area contributed by atoms with Crippen LogP contribution in [0.3, 0.4) is 0 Å². The van der Waals surface area contributed by atoms with Gasteiger partial charge in [0.05, 0.1) is 0 Å². The Hall–Kier alpha value is -1.84. The van der Waals surface area contributed by atoms with E-state index in [1.54, 1.807) is 11.8 Å². The van der Waals surface area contributed by atoms with Crippen LogP contribution in [0.15, 0.2) is 18.2 Å². The van der Waals surface area contributed by atoms with Crippen molar-refractivity contribution in [3.63, 3.8) is 0 Å². The number of carbonyl (C=O) groups is 2. The molecule has 20 heavy (non-hydrogen) atoms. The maximum atomic E-state index is 12.0. The third-order valence-corrected chi connectivity index (χ3v) is 3.44. The summed E-state index contributed by atoms with van der Waals surface area (Å²) in [6.45, 7) is 10.5. The van der Waals surface area contributed by atoms with E-state index in [1.807, 2.05) is 45.9 Å². The second-order valence-electron chi connectivity index (χ2n) is 5.36. The van der Waals surface area contributed by atoms with Crippen LogP contribution in [-0.4, -0.2) is 35.8 Å². The van der Waals surface area contributed by atoms with Gasteiger partial charge < -0.3 is 10.2 Å². The van der Waals surface area contributed by atoms with Gasteiger partial charge in [-0.1, -0.05) is 6.07 Å². The number of nitrogens with one attached hydrogen (secondary N) is 1. The third-order valence-electron chi connectivity index (χ3n) is 3.44.